The van der Waals surface area contributed by atoms with Gasteiger partial charge in [-0.05, 0) is 49.3 Å². The van der Waals surface area contributed by atoms with E-state index in [0.29, 0.717) is 11.5 Å². The van der Waals surface area contributed by atoms with Crippen molar-refractivity contribution in [1.82, 2.24) is 5.32 Å². The monoisotopic (exact) mass is 365 g/mol. The molecule has 138 valence electrons. The predicted molar refractivity (Wildman–Crippen MR) is 104 cm³/mol. The number of hydrogen-bond acceptors (Lipinski definition) is 5. The summed E-state index contributed by atoms with van der Waals surface area (Å²) in [5, 5.41) is 7.00. The van der Waals surface area contributed by atoms with Crippen LogP contribution in [0.3, 0.4) is 0 Å². The van der Waals surface area contributed by atoms with E-state index in [1.165, 1.54) is 12.8 Å². The number of thiocarbonyl (C=S) groups is 1. The number of hydrogen-bond donors (Lipinski definition) is 2. The molecule has 6 nitrogen and oxygen atoms in total. The van der Waals surface area contributed by atoms with E-state index in [1.807, 2.05) is 12.1 Å². The van der Waals surface area contributed by atoms with Crippen LogP contribution < -0.4 is 15.5 Å². The van der Waals surface area contributed by atoms with Gasteiger partial charge in [0.25, 0.3) is 0 Å². The molecule has 1 aromatic carbocycles. The van der Waals surface area contributed by atoms with Crippen molar-refractivity contribution in [2.45, 2.75) is 25.7 Å². The Morgan fingerprint density at radius 3 is 2.60 bits per heavy atom. The Labute approximate surface area is 154 Å². The molecule has 0 aliphatic carbocycles. The molecule has 1 aliphatic rings. The molecule has 1 aromatic rings. The van der Waals surface area contributed by atoms with Crippen LogP contribution in [0.25, 0.3) is 0 Å². The molecule has 1 fully saturated rings. The predicted octanol–water partition coefficient (Wildman–Crippen LogP) is 2.54. The minimum absolute atomic E-state index is 0.148. The number of ether oxygens (including phenoxy) is 2. The maximum absolute atomic E-state index is 11.0. The molecule has 25 heavy (non-hydrogen) atoms. The molecule has 0 spiro atoms. The topological polar surface area (TPSA) is 62.8 Å². The van der Waals surface area contributed by atoms with Crippen LogP contribution in [-0.4, -0.2) is 51.0 Å². The highest BCUT2D eigenvalue weighted by Gasteiger charge is 2.10. The number of benzene rings is 1. The third-order valence-corrected chi connectivity index (χ3v) is 4.32. The number of anilines is 2. The smallest absolute Gasteiger partial charge is 0.305 e. The highest BCUT2D eigenvalue weighted by atomic mass is 32.1. The standard InChI is InChI=1S/C18H27N3O3S/c1-23-17(22)5-3-2-4-10-19-18(25)20-15-6-8-16(9-7-15)21-11-13-24-14-12-21/h6-9H,2-5,10-14H2,1H3,(H2,19,20,25). The number of morpholine rings is 1. The molecule has 1 heterocycles. The first kappa shape index (κ1) is 19.5. The molecule has 0 radical (unpaired) electrons. The zero-order chi connectivity index (χ0) is 17.9. The van der Waals surface area contributed by atoms with Crippen LogP contribution >= 0.6 is 12.2 Å². The second-order valence-corrected chi connectivity index (χ2v) is 6.32. The molecule has 0 aromatic heterocycles. The van der Waals surface area contributed by atoms with Crippen molar-refractivity contribution >= 4 is 34.7 Å². The van der Waals surface area contributed by atoms with E-state index in [1.54, 1.807) is 0 Å². The van der Waals surface area contributed by atoms with Crippen molar-refractivity contribution in [3.8, 4) is 0 Å². The molecule has 0 unspecified atom stereocenters. The van der Waals surface area contributed by atoms with Crippen LogP contribution in [0.2, 0.25) is 0 Å². The lowest BCUT2D eigenvalue weighted by molar-refractivity contribution is -0.140. The highest BCUT2D eigenvalue weighted by Crippen LogP contribution is 2.18. The minimum Gasteiger partial charge on any atom is -0.469 e. The molecular weight excluding hydrogens is 338 g/mol. The number of nitrogens with one attached hydrogen (secondary N) is 2. The van der Waals surface area contributed by atoms with Gasteiger partial charge in [-0.1, -0.05) is 6.42 Å². The Morgan fingerprint density at radius 1 is 1.20 bits per heavy atom. The van der Waals surface area contributed by atoms with E-state index < -0.39 is 0 Å². The molecule has 0 bridgehead atoms. The van der Waals surface area contributed by atoms with Crippen LogP contribution in [-0.2, 0) is 14.3 Å². The summed E-state index contributed by atoms with van der Waals surface area (Å²) < 4.78 is 9.99. The van der Waals surface area contributed by atoms with Gasteiger partial charge in [-0.3, -0.25) is 4.79 Å². The number of rotatable bonds is 8. The maximum atomic E-state index is 11.0. The third kappa shape index (κ3) is 7.27. The van der Waals surface area contributed by atoms with Gasteiger partial charge in [-0.15, -0.1) is 0 Å². The van der Waals surface area contributed by atoms with Crippen molar-refractivity contribution in [1.29, 1.82) is 0 Å². The zero-order valence-corrected chi connectivity index (χ0v) is 15.6. The maximum Gasteiger partial charge on any atom is 0.305 e. The highest BCUT2D eigenvalue weighted by molar-refractivity contribution is 7.80. The Hall–Kier alpha value is -1.86. The van der Waals surface area contributed by atoms with E-state index in [9.17, 15) is 4.79 Å². The third-order valence-electron chi connectivity index (χ3n) is 4.07. The largest absolute Gasteiger partial charge is 0.469 e. The van der Waals surface area contributed by atoms with E-state index in [4.69, 9.17) is 17.0 Å². The second-order valence-electron chi connectivity index (χ2n) is 5.91. The van der Waals surface area contributed by atoms with Crippen molar-refractivity contribution in [3.63, 3.8) is 0 Å². The average Bonchev–Trinajstić information content (AvgIpc) is 2.65. The van der Waals surface area contributed by atoms with Gasteiger partial charge in [-0.2, -0.15) is 0 Å². The van der Waals surface area contributed by atoms with E-state index in [2.05, 4.69) is 32.4 Å². The van der Waals surface area contributed by atoms with Gasteiger partial charge in [-0.25, -0.2) is 0 Å². The van der Waals surface area contributed by atoms with Crippen molar-refractivity contribution < 1.29 is 14.3 Å². The summed E-state index contributed by atoms with van der Waals surface area (Å²) in [6, 6.07) is 8.27. The van der Waals surface area contributed by atoms with Gasteiger partial charge in [0.2, 0.25) is 0 Å². The Balaban J connectivity index is 1.62. The number of nitrogens with zero attached hydrogens (tertiary/aromatic N) is 1. The molecule has 0 amide bonds. The number of esters is 1. The van der Waals surface area contributed by atoms with Crippen molar-refractivity contribution in [2.24, 2.45) is 0 Å². The van der Waals surface area contributed by atoms with Gasteiger partial charge < -0.3 is 25.0 Å². The Morgan fingerprint density at radius 2 is 1.92 bits per heavy atom. The number of methoxy groups -OCH3 is 1. The molecule has 7 heteroatoms. The van der Waals surface area contributed by atoms with Gasteiger partial charge in [0.05, 0.1) is 20.3 Å². The summed E-state index contributed by atoms with van der Waals surface area (Å²) in [6.45, 7) is 4.23. The normalized spacial score (nSPS) is 14.0. The van der Waals surface area contributed by atoms with Gasteiger partial charge in [0.15, 0.2) is 5.11 Å². The van der Waals surface area contributed by atoms with Gasteiger partial charge >= 0.3 is 5.97 Å². The number of carbonyl (C=O) groups is 1. The van der Waals surface area contributed by atoms with Crippen LogP contribution in [0.1, 0.15) is 25.7 Å². The Kier molecular flexibility index (Phi) is 8.48. The van der Waals surface area contributed by atoms with E-state index in [0.717, 1.165) is 57.8 Å². The summed E-state index contributed by atoms with van der Waals surface area (Å²) in [5.74, 6) is -0.148. The molecule has 1 aliphatic heterocycles. The van der Waals surface area contributed by atoms with Crippen LogP contribution in [0.4, 0.5) is 11.4 Å². The SMILES string of the molecule is COC(=O)CCCCCNC(=S)Nc1ccc(N2CCOCC2)cc1. The van der Waals surface area contributed by atoms with Crippen molar-refractivity contribution in [3.05, 3.63) is 24.3 Å². The fourth-order valence-electron chi connectivity index (χ4n) is 2.63. The molecule has 1 saturated heterocycles. The quantitative estimate of drug-likeness (QED) is 0.417. The summed E-state index contributed by atoms with van der Waals surface area (Å²) >= 11 is 5.31. The van der Waals surface area contributed by atoms with Crippen molar-refractivity contribution in [2.75, 3.05) is 50.2 Å². The first-order chi connectivity index (χ1) is 12.2. The first-order valence-corrected chi connectivity index (χ1v) is 9.14. The lowest BCUT2D eigenvalue weighted by atomic mass is 10.2. The summed E-state index contributed by atoms with van der Waals surface area (Å²) in [4.78, 5) is 13.3. The average molecular weight is 365 g/mol. The molecule has 0 atom stereocenters. The summed E-state index contributed by atoms with van der Waals surface area (Å²) in [7, 11) is 1.42. The summed E-state index contributed by atoms with van der Waals surface area (Å²) in [5.41, 5.74) is 2.18. The first-order valence-electron chi connectivity index (χ1n) is 8.73. The fraction of sp³-hybridized carbons (Fsp3) is 0.556. The van der Waals surface area contributed by atoms with Crippen LogP contribution in [0.15, 0.2) is 24.3 Å². The van der Waals surface area contributed by atoms with Gasteiger partial charge in [0, 0.05) is 37.4 Å². The van der Waals surface area contributed by atoms with E-state index in [-0.39, 0.29) is 5.97 Å². The van der Waals surface area contributed by atoms with Crippen LogP contribution in [0, 0.1) is 0 Å². The van der Waals surface area contributed by atoms with Gasteiger partial charge in [0.1, 0.15) is 0 Å². The van der Waals surface area contributed by atoms with Crippen LogP contribution in [0.5, 0.6) is 0 Å². The zero-order valence-electron chi connectivity index (χ0n) is 14.8. The molecule has 0 saturated carbocycles. The summed E-state index contributed by atoms with van der Waals surface area (Å²) in [6.07, 6.45) is 3.26. The molecule has 2 rings (SSSR count). The number of unbranched alkanes of at least 4 members (excludes halogenated alkanes) is 2. The Bertz CT molecular complexity index is 545. The minimum atomic E-state index is -0.148. The lowest BCUT2D eigenvalue weighted by Crippen LogP contribution is -2.36. The second kappa shape index (κ2) is 10.9. The molecule has 2 N–H and O–H groups in total. The molecular formula is C18H27N3O3S. The lowest BCUT2D eigenvalue weighted by Gasteiger charge is -2.29. The van der Waals surface area contributed by atoms with E-state index >= 15 is 0 Å². The number of carbonyl (C=O) groups excluding carboxylic acids is 1. The fourth-order valence-corrected chi connectivity index (χ4v) is 2.85.